The fourth-order valence-corrected chi connectivity index (χ4v) is 2.81. The van der Waals surface area contributed by atoms with Gasteiger partial charge in [0, 0.05) is 37.3 Å². The Morgan fingerprint density at radius 3 is 2.58 bits per heavy atom. The van der Waals surface area contributed by atoms with E-state index in [4.69, 9.17) is 5.73 Å². The number of amides is 1. The Kier molecular flexibility index (Phi) is 6.52. The lowest BCUT2D eigenvalue weighted by atomic mass is 9.95. The number of carbonyl (C=O) groups excluding carboxylic acids is 1. The molecule has 2 aromatic rings. The van der Waals surface area contributed by atoms with Gasteiger partial charge >= 0.3 is 0 Å². The topological polar surface area (TPSA) is 84.1 Å². The van der Waals surface area contributed by atoms with Crippen molar-refractivity contribution < 1.29 is 4.79 Å². The smallest absolute Gasteiger partial charge is 0.227 e. The van der Waals surface area contributed by atoms with E-state index in [-0.39, 0.29) is 24.2 Å². The second-order valence-electron chi connectivity index (χ2n) is 5.69. The first-order valence-corrected chi connectivity index (χ1v) is 7.88. The molecule has 0 spiro atoms. The van der Waals surface area contributed by atoms with Crippen LogP contribution in [0.1, 0.15) is 18.5 Å². The van der Waals surface area contributed by atoms with Crippen LogP contribution in [0.2, 0.25) is 0 Å². The van der Waals surface area contributed by atoms with Crippen LogP contribution in [0.15, 0.2) is 42.7 Å². The third-order valence-corrected chi connectivity index (χ3v) is 4.15. The summed E-state index contributed by atoms with van der Waals surface area (Å²) < 4.78 is 0. The zero-order valence-corrected chi connectivity index (χ0v) is 14.2. The first-order chi connectivity index (χ1) is 11.3. The summed E-state index contributed by atoms with van der Waals surface area (Å²) in [5.41, 5.74) is 7.30. The number of rotatable bonds is 4. The van der Waals surface area contributed by atoms with Gasteiger partial charge in [0.25, 0.3) is 0 Å². The highest BCUT2D eigenvalue weighted by atomic mass is 35.5. The van der Waals surface area contributed by atoms with Crippen LogP contribution in [-0.4, -0.2) is 29.0 Å². The van der Waals surface area contributed by atoms with Crippen molar-refractivity contribution in [2.24, 2.45) is 11.7 Å². The van der Waals surface area contributed by atoms with Crippen LogP contribution in [0.4, 0.5) is 11.5 Å². The molecule has 0 aliphatic carbocycles. The van der Waals surface area contributed by atoms with Crippen molar-refractivity contribution in [1.82, 2.24) is 9.97 Å². The number of halogens is 1. The maximum atomic E-state index is 12.3. The van der Waals surface area contributed by atoms with Gasteiger partial charge in [-0.15, -0.1) is 12.4 Å². The van der Waals surface area contributed by atoms with Gasteiger partial charge in [-0.05, 0) is 25.0 Å². The molecule has 0 radical (unpaired) electrons. The minimum atomic E-state index is 0. The largest absolute Gasteiger partial charge is 0.356 e. The number of anilines is 2. The number of nitrogens with zero attached hydrogens (tertiary/aromatic N) is 3. The van der Waals surface area contributed by atoms with Crippen LogP contribution in [0.25, 0.3) is 0 Å². The Morgan fingerprint density at radius 1 is 1.21 bits per heavy atom. The van der Waals surface area contributed by atoms with Crippen molar-refractivity contribution in [2.75, 3.05) is 23.3 Å². The number of piperidine rings is 1. The van der Waals surface area contributed by atoms with Crippen molar-refractivity contribution in [2.45, 2.75) is 19.4 Å². The predicted molar refractivity (Wildman–Crippen MR) is 97.2 cm³/mol. The SMILES string of the molecule is Cl.NCc1cc(N2CCC(C(=O)Nc3ccccc3)CC2)ncn1. The molecule has 1 saturated heterocycles. The molecule has 6 nitrogen and oxygen atoms in total. The minimum absolute atomic E-state index is 0. The quantitative estimate of drug-likeness (QED) is 0.885. The van der Waals surface area contributed by atoms with E-state index in [1.54, 1.807) is 6.33 Å². The van der Waals surface area contributed by atoms with E-state index in [1.807, 2.05) is 36.4 Å². The average Bonchev–Trinajstić information content (AvgIpc) is 2.63. The zero-order chi connectivity index (χ0) is 16.1. The molecule has 1 amide bonds. The van der Waals surface area contributed by atoms with Gasteiger partial charge < -0.3 is 16.0 Å². The van der Waals surface area contributed by atoms with Gasteiger partial charge in [0.1, 0.15) is 12.1 Å². The summed E-state index contributed by atoms with van der Waals surface area (Å²) in [6.07, 6.45) is 3.19. The third-order valence-electron chi connectivity index (χ3n) is 4.15. The Labute approximate surface area is 147 Å². The summed E-state index contributed by atoms with van der Waals surface area (Å²) in [5, 5.41) is 2.98. The maximum Gasteiger partial charge on any atom is 0.227 e. The molecule has 0 unspecified atom stereocenters. The Bertz CT molecular complexity index is 659. The number of benzene rings is 1. The van der Waals surface area contributed by atoms with Crippen LogP contribution in [-0.2, 0) is 11.3 Å². The molecule has 24 heavy (non-hydrogen) atoms. The van der Waals surface area contributed by atoms with Crippen LogP contribution in [0.5, 0.6) is 0 Å². The van der Waals surface area contributed by atoms with Crippen molar-refractivity contribution in [1.29, 1.82) is 0 Å². The fourth-order valence-electron chi connectivity index (χ4n) is 2.81. The molecule has 2 heterocycles. The van der Waals surface area contributed by atoms with E-state index in [0.29, 0.717) is 6.54 Å². The van der Waals surface area contributed by atoms with Gasteiger partial charge in [0.05, 0.1) is 5.69 Å². The molecule has 1 aliphatic heterocycles. The fraction of sp³-hybridized carbons (Fsp3) is 0.353. The van der Waals surface area contributed by atoms with Crippen LogP contribution in [0.3, 0.4) is 0 Å². The van der Waals surface area contributed by atoms with Gasteiger partial charge in [0.2, 0.25) is 5.91 Å². The lowest BCUT2D eigenvalue weighted by Gasteiger charge is -2.32. The molecule has 3 rings (SSSR count). The summed E-state index contributed by atoms with van der Waals surface area (Å²) in [6.45, 7) is 2.03. The summed E-state index contributed by atoms with van der Waals surface area (Å²) >= 11 is 0. The molecule has 1 aromatic carbocycles. The summed E-state index contributed by atoms with van der Waals surface area (Å²) in [5.74, 6) is 1.03. The molecular weight excluding hydrogens is 326 g/mol. The van der Waals surface area contributed by atoms with E-state index in [0.717, 1.165) is 43.1 Å². The molecule has 0 atom stereocenters. The zero-order valence-electron chi connectivity index (χ0n) is 13.4. The Balaban J connectivity index is 0.00000208. The summed E-state index contributed by atoms with van der Waals surface area (Å²) in [6, 6.07) is 11.5. The van der Waals surface area contributed by atoms with Gasteiger partial charge in [-0.1, -0.05) is 18.2 Å². The van der Waals surface area contributed by atoms with Gasteiger partial charge in [-0.2, -0.15) is 0 Å². The number of nitrogens with one attached hydrogen (secondary N) is 1. The molecule has 7 heteroatoms. The summed E-state index contributed by atoms with van der Waals surface area (Å²) in [7, 11) is 0. The van der Waals surface area contributed by atoms with E-state index in [1.165, 1.54) is 0 Å². The lowest BCUT2D eigenvalue weighted by molar-refractivity contribution is -0.120. The highest BCUT2D eigenvalue weighted by Gasteiger charge is 2.25. The van der Waals surface area contributed by atoms with Gasteiger partial charge in [-0.25, -0.2) is 9.97 Å². The normalized spacial score (nSPS) is 14.8. The van der Waals surface area contributed by atoms with Gasteiger partial charge in [0.15, 0.2) is 0 Å². The Morgan fingerprint density at radius 2 is 1.92 bits per heavy atom. The van der Waals surface area contributed by atoms with Crippen molar-refractivity contribution in [3.05, 3.63) is 48.4 Å². The van der Waals surface area contributed by atoms with E-state index in [2.05, 4.69) is 20.2 Å². The third kappa shape index (κ3) is 4.43. The standard InChI is InChI=1S/C17H21N5O.ClH/c18-11-15-10-16(20-12-19-15)22-8-6-13(7-9-22)17(23)21-14-4-2-1-3-5-14;/h1-5,10,12-13H,6-9,11,18H2,(H,21,23);1H. The van der Waals surface area contributed by atoms with Crippen molar-refractivity contribution in [3.63, 3.8) is 0 Å². The highest BCUT2D eigenvalue weighted by molar-refractivity contribution is 5.92. The second-order valence-corrected chi connectivity index (χ2v) is 5.69. The molecule has 0 bridgehead atoms. The molecule has 1 aromatic heterocycles. The molecule has 1 aliphatic rings. The summed E-state index contributed by atoms with van der Waals surface area (Å²) in [4.78, 5) is 23.0. The lowest BCUT2D eigenvalue weighted by Crippen LogP contribution is -2.38. The van der Waals surface area contributed by atoms with Crippen LogP contribution >= 0.6 is 12.4 Å². The monoisotopic (exact) mass is 347 g/mol. The first-order valence-electron chi connectivity index (χ1n) is 7.88. The highest BCUT2D eigenvalue weighted by Crippen LogP contribution is 2.23. The second kappa shape index (κ2) is 8.61. The first kappa shape index (κ1) is 18.2. The predicted octanol–water partition coefficient (Wildman–Crippen LogP) is 2.21. The molecule has 1 fully saturated rings. The van der Waals surface area contributed by atoms with Crippen LogP contribution in [0, 0.1) is 5.92 Å². The van der Waals surface area contributed by atoms with Crippen LogP contribution < -0.4 is 16.0 Å². The number of nitrogens with two attached hydrogens (primary N) is 1. The van der Waals surface area contributed by atoms with Gasteiger partial charge in [-0.3, -0.25) is 4.79 Å². The van der Waals surface area contributed by atoms with Crippen molar-refractivity contribution >= 4 is 29.8 Å². The van der Waals surface area contributed by atoms with E-state index in [9.17, 15) is 4.79 Å². The average molecular weight is 348 g/mol. The Hall–Kier alpha value is -2.18. The maximum absolute atomic E-state index is 12.3. The molecule has 128 valence electrons. The molecular formula is C17H22ClN5O. The molecule has 0 saturated carbocycles. The van der Waals surface area contributed by atoms with Crippen molar-refractivity contribution in [3.8, 4) is 0 Å². The van der Waals surface area contributed by atoms with E-state index >= 15 is 0 Å². The molecule has 3 N–H and O–H groups in total. The number of hydrogen-bond donors (Lipinski definition) is 2. The number of para-hydroxylation sites is 1. The number of aromatic nitrogens is 2. The minimum Gasteiger partial charge on any atom is -0.356 e. The van der Waals surface area contributed by atoms with E-state index < -0.39 is 0 Å². The number of hydrogen-bond acceptors (Lipinski definition) is 5. The number of carbonyl (C=O) groups is 1.